The fourth-order valence-corrected chi connectivity index (χ4v) is 4.11. The maximum atomic E-state index is 12.7. The van der Waals surface area contributed by atoms with E-state index in [1.165, 1.54) is 17.3 Å². The third kappa shape index (κ3) is 4.84. The number of esters is 1. The van der Waals surface area contributed by atoms with Crippen molar-refractivity contribution in [3.05, 3.63) is 53.6 Å². The Morgan fingerprint density at radius 1 is 1.13 bits per heavy atom. The molecule has 0 saturated heterocycles. The van der Waals surface area contributed by atoms with Crippen LogP contribution in [0.1, 0.15) is 43.6 Å². The van der Waals surface area contributed by atoms with Crippen LogP contribution in [-0.4, -0.2) is 33.3 Å². The minimum absolute atomic E-state index is 0.0776. The molecule has 0 aliphatic heterocycles. The van der Waals surface area contributed by atoms with Crippen LogP contribution in [0.15, 0.2) is 47.6 Å². The smallest absolute Gasteiger partial charge is 0.338 e. The summed E-state index contributed by atoms with van der Waals surface area (Å²) in [6.45, 7) is 8.82. The minimum Gasteiger partial charge on any atom is -0.462 e. The van der Waals surface area contributed by atoms with Crippen molar-refractivity contribution < 1.29 is 14.3 Å². The Kier molecular flexibility index (Phi) is 7.15. The lowest BCUT2D eigenvalue weighted by Crippen LogP contribution is -2.22. The van der Waals surface area contributed by atoms with Crippen LogP contribution >= 0.6 is 11.8 Å². The standard InChI is InChI=1S/C23H27N3O3S/c1-5-16-8-11-18(12-9-16)24-21(27)15(4)30-23-25-19-14-17(22(28)29-7-3)10-13-20(19)26(23)6-2/h8-15H,5-7H2,1-4H3,(H,24,27)/t15-/m0/s1. The number of hydrogen-bond acceptors (Lipinski definition) is 5. The van der Waals surface area contributed by atoms with Gasteiger partial charge in [-0.05, 0) is 63.1 Å². The van der Waals surface area contributed by atoms with Crippen molar-refractivity contribution in [2.75, 3.05) is 11.9 Å². The van der Waals surface area contributed by atoms with Crippen LogP contribution in [-0.2, 0) is 22.5 Å². The normalized spacial score (nSPS) is 12.0. The van der Waals surface area contributed by atoms with Crippen molar-refractivity contribution in [1.29, 1.82) is 0 Å². The van der Waals surface area contributed by atoms with E-state index in [2.05, 4.69) is 21.8 Å². The Hall–Kier alpha value is -2.80. The molecule has 1 amide bonds. The molecule has 0 unspecified atom stereocenters. The molecule has 3 aromatic rings. The van der Waals surface area contributed by atoms with E-state index in [4.69, 9.17) is 4.74 Å². The average Bonchev–Trinajstić information content (AvgIpc) is 3.10. The zero-order valence-corrected chi connectivity index (χ0v) is 18.6. The lowest BCUT2D eigenvalue weighted by atomic mass is 10.1. The summed E-state index contributed by atoms with van der Waals surface area (Å²) in [4.78, 5) is 29.4. The number of hydrogen-bond donors (Lipinski definition) is 1. The van der Waals surface area contributed by atoms with Crippen molar-refractivity contribution in [3.63, 3.8) is 0 Å². The van der Waals surface area contributed by atoms with Gasteiger partial charge in [0.2, 0.25) is 5.91 Å². The number of aryl methyl sites for hydroxylation is 2. The molecule has 1 atom stereocenters. The molecule has 30 heavy (non-hydrogen) atoms. The number of rotatable bonds is 8. The number of fused-ring (bicyclic) bond motifs is 1. The van der Waals surface area contributed by atoms with E-state index < -0.39 is 0 Å². The fraction of sp³-hybridized carbons (Fsp3) is 0.348. The van der Waals surface area contributed by atoms with Crippen molar-refractivity contribution in [2.45, 2.75) is 51.1 Å². The van der Waals surface area contributed by atoms with Gasteiger partial charge >= 0.3 is 5.97 Å². The van der Waals surface area contributed by atoms with Gasteiger partial charge in [-0.15, -0.1) is 0 Å². The first kappa shape index (κ1) is 21.9. The first-order chi connectivity index (χ1) is 14.5. The van der Waals surface area contributed by atoms with E-state index in [-0.39, 0.29) is 17.1 Å². The van der Waals surface area contributed by atoms with Gasteiger partial charge in [0.05, 0.1) is 28.5 Å². The number of benzene rings is 2. The van der Waals surface area contributed by atoms with E-state index in [1.807, 2.05) is 44.2 Å². The molecule has 2 aromatic carbocycles. The van der Waals surface area contributed by atoms with E-state index in [0.29, 0.717) is 24.2 Å². The molecule has 0 bridgehead atoms. The topological polar surface area (TPSA) is 73.2 Å². The van der Waals surface area contributed by atoms with Crippen LogP contribution in [0.25, 0.3) is 11.0 Å². The third-order valence-electron chi connectivity index (χ3n) is 4.82. The van der Waals surface area contributed by atoms with Gasteiger partial charge in [-0.25, -0.2) is 9.78 Å². The van der Waals surface area contributed by atoms with Crippen LogP contribution in [0.5, 0.6) is 0 Å². The maximum Gasteiger partial charge on any atom is 0.338 e. The van der Waals surface area contributed by atoms with Gasteiger partial charge in [-0.2, -0.15) is 0 Å². The van der Waals surface area contributed by atoms with Gasteiger partial charge in [0, 0.05) is 12.2 Å². The quantitative estimate of drug-likeness (QED) is 0.410. The lowest BCUT2D eigenvalue weighted by Gasteiger charge is -2.13. The number of anilines is 1. The SMILES string of the molecule is CCOC(=O)c1ccc2c(c1)nc(S[C@@H](C)C(=O)Nc1ccc(CC)cc1)n2CC. The lowest BCUT2D eigenvalue weighted by molar-refractivity contribution is -0.115. The molecule has 6 nitrogen and oxygen atoms in total. The van der Waals surface area contributed by atoms with Gasteiger partial charge in [0.25, 0.3) is 0 Å². The van der Waals surface area contributed by atoms with Crippen molar-refractivity contribution in [3.8, 4) is 0 Å². The van der Waals surface area contributed by atoms with Crippen molar-refractivity contribution in [2.24, 2.45) is 0 Å². The molecule has 158 valence electrons. The highest BCUT2D eigenvalue weighted by Gasteiger charge is 2.20. The summed E-state index contributed by atoms with van der Waals surface area (Å²) in [6.07, 6.45) is 0.964. The zero-order chi connectivity index (χ0) is 21.7. The van der Waals surface area contributed by atoms with Crippen LogP contribution in [0.3, 0.4) is 0 Å². The monoisotopic (exact) mass is 425 g/mol. The molecule has 0 fully saturated rings. The summed E-state index contributed by atoms with van der Waals surface area (Å²) in [7, 11) is 0. The number of imidazole rings is 1. The zero-order valence-electron chi connectivity index (χ0n) is 17.8. The molecule has 7 heteroatoms. The maximum absolute atomic E-state index is 12.7. The molecule has 0 spiro atoms. The number of carbonyl (C=O) groups excluding carboxylic acids is 2. The second kappa shape index (κ2) is 9.80. The highest BCUT2D eigenvalue weighted by molar-refractivity contribution is 8.00. The second-order valence-corrected chi connectivity index (χ2v) is 8.17. The molecule has 0 aliphatic carbocycles. The fourth-order valence-electron chi connectivity index (χ4n) is 3.12. The number of ether oxygens (including phenoxy) is 1. The summed E-state index contributed by atoms with van der Waals surface area (Å²) >= 11 is 1.40. The summed E-state index contributed by atoms with van der Waals surface area (Å²) < 4.78 is 7.13. The Labute approximate surface area is 181 Å². The Bertz CT molecular complexity index is 1040. The van der Waals surface area contributed by atoms with Gasteiger partial charge < -0.3 is 14.6 Å². The second-order valence-electron chi connectivity index (χ2n) is 6.86. The van der Waals surface area contributed by atoms with Crippen molar-refractivity contribution in [1.82, 2.24) is 9.55 Å². The van der Waals surface area contributed by atoms with Crippen molar-refractivity contribution >= 4 is 40.4 Å². The Balaban J connectivity index is 1.77. The van der Waals surface area contributed by atoms with Gasteiger partial charge in [-0.1, -0.05) is 30.8 Å². The summed E-state index contributed by atoms with van der Waals surface area (Å²) in [5.74, 6) is -0.437. The van der Waals surface area contributed by atoms with E-state index >= 15 is 0 Å². The third-order valence-corrected chi connectivity index (χ3v) is 5.91. The number of aromatic nitrogens is 2. The van der Waals surface area contributed by atoms with E-state index in [1.54, 1.807) is 19.1 Å². The first-order valence-electron chi connectivity index (χ1n) is 10.2. The van der Waals surface area contributed by atoms with Crippen LogP contribution in [0.4, 0.5) is 5.69 Å². The number of nitrogens with zero attached hydrogens (tertiary/aromatic N) is 2. The van der Waals surface area contributed by atoms with Crippen LogP contribution in [0.2, 0.25) is 0 Å². The molecular formula is C23H27N3O3S. The molecular weight excluding hydrogens is 398 g/mol. The van der Waals surface area contributed by atoms with Crippen LogP contribution < -0.4 is 5.32 Å². The molecule has 0 saturated carbocycles. The highest BCUT2D eigenvalue weighted by atomic mass is 32.2. The molecule has 1 aromatic heterocycles. The molecule has 0 radical (unpaired) electrons. The van der Waals surface area contributed by atoms with Gasteiger partial charge in [-0.3, -0.25) is 4.79 Å². The Morgan fingerprint density at radius 2 is 1.87 bits per heavy atom. The number of thioether (sulfide) groups is 1. The summed E-state index contributed by atoms with van der Waals surface area (Å²) in [6, 6.07) is 13.2. The Morgan fingerprint density at radius 3 is 2.50 bits per heavy atom. The highest BCUT2D eigenvalue weighted by Crippen LogP contribution is 2.28. The van der Waals surface area contributed by atoms with E-state index in [0.717, 1.165) is 22.8 Å². The van der Waals surface area contributed by atoms with Crippen LogP contribution in [0, 0.1) is 0 Å². The average molecular weight is 426 g/mol. The van der Waals surface area contributed by atoms with Gasteiger partial charge in [0.15, 0.2) is 5.16 Å². The summed E-state index contributed by atoms with van der Waals surface area (Å²) in [5.41, 5.74) is 4.13. The molecule has 0 aliphatic rings. The largest absolute Gasteiger partial charge is 0.462 e. The minimum atomic E-state index is -0.360. The number of amides is 1. The number of nitrogens with one attached hydrogen (secondary N) is 1. The predicted molar refractivity (Wildman–Crippen MR) is 121 cm³/mol. The summed E-state index contributed by atoms with van der Waals surface area (Å²) in [5, 5.41) is 3.38. The van der Waals surface area contributed by atoms with E-state index in [9.17, 15) is 9.59 Å². The first-order valence-corrected chi connectivity index (χ1v) is 11.1. The molecule has 1 heterocycles. The molecule has 3 rings (SSSR count). The predicted octanol–water partition coefficient (Wildman–Crippen LogP) is 4.91. The number of carbonyl (C=O) groups is 2. The van der Waals surface area contributed by atoms with Gasteiger partial charge in [0.1, 0.15) is 0 Å². The molecule has 1 N–H and O–H groups in total.